The van der Waals surface area contributed by atoms with E-state index in [2.05, 4.69) is 0 Å². The van der Waals surface area contributed by atoms with E-state index < -0.39 is 30.0 Å². The molecule has 0 radical (unpaired) electrons. The topological polar surface area (TPSA) is 57.7 Å². The number of urea groups is 1. The second-order valence-electron chi connectivity index (χ2n) is 10.6. The Kier molecular flexibility index (Phi) is 8.20. The lowest BCUT2D eigenvalue weighted by atomic mass is 9.91. The van der Waals surface area contributed by atoms with E-state index in [0.29, 0.717) is 12.8 Å². The number of imide groups is 2. The molecule has 4 amide bonds. The van der Waals surface area contributed by atoms with Gasteiger partial charge in [-0.05, 0) is 35.1 Å². The molecule has 1 aliphatic rings. The lowest BCUT2D eigenvalue weighted by molar-refractivity contribution is -0.133. The number of amides is 4. The summed E-state index contributed by atoms with van der Waals surface area (Å²) < 4.78 is 0. The van der Waals surface area contributed by atoms with Gasteiger partial charge >= 0.3 is 6.03 Å². The Labute approximate surface area is 236 Å². The zero-order chi connectivity index (χ0) is 28.1. The van der Waals surface area contributed by atoms with Crippen LogP contribution in [0.4, 0.5) is 4.79 Å². The first-order chi connectivity index (χ1) is 19.5. The molecule has 5 nitrogen and oxygen atoms in total. The van der Waals surface area contributed by atoms with Gasteiger partial charge in [-0.1, -0.05) is 135 Å². The van der Waals surface area contributed by atoms with Gasteiger partial charge in [0.1, 0.15) is 0 Å². The minimum Gasteiger partial charge on any atom is -0.274 e. The number of hydrogen-bond acceptors (Lipinski definition) is 3. The van der Waals surface area contributed by atoms with Crippen LogP contribution in [0.3, 0.4) is 0 Å². The van der Waals surface area contributed by atoms with Crippen LogP contribution in [-0.2, 0) is 22.4 Å². The van der Waals surface area contributed by atoms with E-state index in [1.54, 1.807) is 0 Å². The molecule has 0 aliphatic carbocycles. The van der Waals surface area contributed by atoms with Crippen molar-refractivity contribution in [2.24, 2.45) is 11.8 Å². The van der Waals surface area contributed by atoms with E-state index in [1.165, 1.54) is 9.80 Å². The lowest BCUT2D eigenvalue weighted by Gasteiger charge is -2.29. The molecule has 5 rings (SSSR count). The Bertz CT molecular complexity index is 1330. The van der Waals surface area contributed by atoms with Crippen LogP contribution >= 0.6 is 0 Å². The zero-order valence-electron chi connectivity index (χ0n) is 22.9. The van der Waals surface area contributed by atoms with Crippen LogP contribution in [0.5, 0.6) is 0 Å². The molecule has 1 heterocycles. The Morgan fingerprint density at radius 3 is 1.18 bits per heavy atom. The number of benzene rings is 4. The number of carbonyl (C=O) groups is 3. The molecule has 4 atom stereocenters. The second-order valence-corrected chi connectivity index (χ2v) is 10.6. The summed E-state index contributed by atoms with van der Waals surface area (Å²) in [5, 5.41) is 0. The van der Waals surface area contributed by atoms with Crippen LogP contribution < -0.4 is 0 Å². The van der Waals surface area contributed by atoms with E-state index in [9.17, 15) is 14.4 Å². The molecule has 5 heteroatoms. The van der Waals surface area contributed by atoms with Crippen LogP contribution in [-0.4, -0.2) is 27.6 Å². The van der Waals surface area contributed by atoms with Crippen LogP contribution in [0.25, 0.3) is 0 Å². The fourth-order valence-electron chi connectivity index (χ4n) is 5.65. The van der Waals surface area contributed by atoms with Crippen molar-refractivity contribution in [2.75, 3.05) is 0 Å². The molecule has 1 saturated heterocycles. The monoisotopic (exact) mass is 530 g/mol. The van der Waals surface area contributed by atoms with Crippen molar-refractivity contribution >= 4 is 17.8 Å². The normalized spacial score (nSPS) is 18.4. The van der Waals surface area contributed by atoms with E-state index in [-0.39, 0.29) is 11.8 Å². The summed E-state index contributed by atoms with van der Waals surface area (Å²) in [5.41, 5.74) is 3.68. The highest BCUT2D eigenvalue weighted by molar-refractivity contribution is 6.06. The predicted octanol–water partition coefficient (Wildman–Crippen LogP) is 7.02. The molecule has 0 unspecified atom stereocenters. The minimum absolute atomic E-state index is 0.283. The maximum absolute atomic E-state index is 14.3. The molecule has 0 bridgehead atoms. The molecule has 40 heavy (non-hydrogen) atoms. The second kappa shape index (κ2) is 12.1. The van der Waals surface area contributed by atoms with Crippen molar-refractivity contribution in [1.29, 1.82) is 0 Å². The third-order valence-electron chi connectivity index (χ3n) is 7.64. The van der Waals surface area contributed by atoms with E-state index >= 15 is 0 Å². The Balaban J connectivity index is 1.56. The maximum atomic E-state index is 14.3. The molecule has 1 aliphatic heterocycles. The Morgan fingerprint density at radius 1 is 0.550 bits per heavy atom. The molecule has 202 valence electrons. The molecule has 0 N–H and O–H groups in total. The zero-order valence-corrected chi connectivity index (χ0v) is 22.9. The van der Waals surface area contributed by atoms with Crippen molar-refractivity contribution in [3.05, 3.63) is 144 Å². The Hall–Kier alpha value is -4.51. The summed E-state index contributed by atoms with van der Waals surface area (Å²) in [6, 6.07) is 36.9. The molecule has 1 fully saturated rings. The first-order valence-electron chi connectivity index (χ1n) is 13.8. The van der Waals surface area contributed by atoms with Crippen LogP contribution in [0.15, 0.2) is 121 Å². The van der Waals surface area contributed by atoms with Crippen LogP contribution in [0.2, 0.25) is 0 Å². The van der Waals surface area contributed by atoms with Gasteiger partial charge in [-0.25, -0.2) is 4.79 Å². The molecule has 4 aromatic carbocycles. The summed E-state index contributed by atoms with van der Waals surface area (Å²) in [4.78, 5) is 45.2. The predicted molar refractivity (Wildman–Crippen MR) is 156 cm³/mol. The third kappa shape index (κ3) is 5.59. The van der Waals surface area contributed by atoms with E-state index in [4.69, 9.17) is 0 Å². The molecule has 0 saturated carbocycles. The smallest absolute Gasteiger partial charge is 0.274 e. The standard InChI is InChI=1S/C35H34N2O3/c1-25(23-27-15-7-3-8-16-27)33(38)36-31(29-19-11-5-12-20-29)32(30-21-13-6-14-22-30)37(35(36)40)34(39)26(2)24-28-17-9-4-10-18-28/h3-22,25-26,31-32H,23-24H2,1-2H3/t25-,26-,31-,32-/m1/s1. The summed E-state index contributed by atoms with van der Waals surface area (Å²) in [7, 11) is 0. The molecular formula is C35H34N2O3. The lowest BCUT2D eigenvalue weighted by Crippen LogP contribution is -2.43. The van der Waals surface area contributed by atoms with Gasteiger partial charge in [-0.15, -0.1) is 0 Å². The van der Waals surface area contributed by atoms with Gasteiger partial charge in [-0.2, -0.15) is 0 Å². The first-order valence-corrected chi connectivity index (χ1v) is 13.8. The third-order valence-corrected chi connectivity index (χ3v) is 7.64. The maximum Gasteiger partial charge on any atom is 0.334 e. The average Bonchev–Trinajstić information content (AvgIpc) is 3.30. The van der Waals surface area contributed by atoms with Crippen LogP contribution in [0.1, 0.15) is 48.2 Å². The summed E-state index contributed by atoms with van der Waals surface area (Å²) in [6.07, 6.45) is 0.999. The van der Waals surface area contributed by atoms with Crippen molar-refractivity contribution < 1.29 is 14.4 Å². The van der Waals surface area contributed by atoms with Gasteiger partial charge in [0.15, 0.2) is 0 Å². The highest BCUT2D eigenvalue weighted by Crippen LogP contribution is 2.46. The van der Waals surface area contributed by atoms with Crippen molar-refractivity contribution in [3.8, 4) is 0 Å². The van der Waals surface area contributed by atoms with Gasteiger partial charge < -0.3 is 0 Å². The fourth-order valence-corrected chi connectivity index (χ4v) is 5.65. The number of carbonyl (C=O) groups excluding carboxylic acids is 3. The largest absolute Gasteiger partial charge is 0.334 e. The van der Waals surface area contributed by atoms with Gasteiger partial charge in [-0.3, -0.25) is 19.4 Å². The van der Waals surface area contributed by atoms with Crippen molar-refractivity contribution in [2.45, 2.75) is 38.8 Å². The molecule has 0 spiro atoms. The van der Waals surface area contributed by atoms with E-state index in [1.807, 2.05) is 135 Å². The van der Waals surface area contributed by atoms with Crippen molar-refractivity contribution in [3.63, 3.8) is 0 Å². The van der Waals surface area contributed by atoms with Crippen LogP contribution in [0, 0.1) is 11.8 Å². The first kappa shape index (κ1) is 27.1. The summed E-state index contributed by atoms with van der Waals surface area (Å²) in [6.45, 7) is 3.70. The molecular weight excluding hydrogens is 496 g/mol. The Morgan fingerprint density at radius 2 is 0.850 bits per heavy atom. The number of nitrogens with zero attached hydrogens (tertiary/aromatic N) is 2. The highest BCUT2D eigenvalue weighted by atomic mass is 16.2. The molecule has 0 aromatic heterocycles. The molecule has 4 aromatic rings. The average molecular weight is 531 g/mol. The summed E-state index contributed by atoms with van der Waals surface area (Å²) in [5.74, 6) is -1.47. The SMILES string of the molecule is C[C@H](Cc1ccccc1)C(=O)N1C(=O)N(C(=O)[C@H](C)Cc2ccccc2)[C@H](c2ccccc2)[C@H]1c1ccccc1. The van der Waals surface area contributed by atoms with Gasteiger partial charge in [0, 0.05) is 11.8 Å². The quantitative estimate of drug-likeness (QED) is 0.246. The highest BCUT2D eigenvalue weighted by Gasteiger charge is 2.53. The van der Waals surface area contributed by atoms with Gasteiger partial charge in [0.25, 0.3) is 0 Å². The number of hydrogen-bond donors (Lipinski definition) is 0. The van der Waals surface area contributed by atoms with E-state index in [0.717, 1.165) is 22.3 Å². The summed E-state index contributed by atoms with van der Waals surface area (Å²) >= 11 is 0. The van der Waals surface area contributed by atoms with Crippen molar-refractivity contribution in [1.82, 2.24) is 9.80 Å². The minimum atomic E-state index is -0.644. The number of rotatable bonds is 8. The van der Waals surface area contributed by atoms with Gasteiger partial charge in [0.2, 0.25) is 11.8 Å². The van der Waals surface area contributed by atoms with Gasteiger partial charge in [0.05, 0.1) is 12.1 Å². The fraction of sp³-hybridized carbons (Fsp3) is 0.229.